The third-order valence-electron chi connectivity index (χ3n) is 2.94. The fraction of sp³-hybridized carbons (Fsp3) is 0.727. The maximum Gasteiger partial charge on any atom is 0.326 e. The summed E-state index contributed by atoms with van der Waals surface area (Å²) >= 11 is 0. The van der Waals surface area contributed by atoms with Crippen LogP contribution >= 0.6 is 0 Å². The van der Waals surface area contributed by atoms with E-state index in [-0.39, 0.29) is 12.0 Å². The fourth-order valence-corrected chi connectivity index (χ4v) is 1.84. The van der Waals surface area contributed by atoms with Gasteiger partial charge in [0.1, 0.15) is 6.04 Å². The Morgan fingerprint density at radius 1 is 1.37 bits per heavy atom. The molecule has 8 nitrogen and oxygen atoms in total. The molecule has 0 radical (unpaired) electrons. The normalized spacial score (nSPS) is 24.3. The lowest BCUT2D eigenvalue weighted by Gasteiger charge is -2.29. The third kappa shape index (κ3) is 5.12. The van der Waals surface area contributed by atoms with Gasteiger partial charge in [-0.25, -0.2) is 9.59 Å². The smallest absolute Gasteiger partial charge is 0.326 e. The largest absolute Gasteiger partial charge is 0.481 e. The van der Waals surface area contributed by atoms with Crippen LogP contribution in [0.15, 0.2) is 0 Å². The molecule has 0 spiro atoms. The average Bonchev–Trinajstić information content (AvgIpc) is 2.30. The highest BCUT2D eigenvalue weighted by Crippen LogP contribution is 2.13. The van der Waals surface area contributed by atoms with Crippen LogP contribution in [-0.2, 0) is 14.3 Å². The molecule has 19 heavy (non-hydrogen) atoms. The van der Waals surface area contributed by atoms with Crippen LogP contribution in [0.3, 0.4) is 0 Å². The zero-order chi connectivity index (χ0) is 14.4. The molecule has 0 aromatic carbocycles. The summed E-state index contributed by atoms with van der Waals surface area (Å²) in [7, 11) is 0. The quantitative estimate of drug-likeness (QED) is 0.542. The second kappa shape index (κ2) is 6.93. The van der Waals surface area contributed by atoms with Gasteiger partial charge in [-0.2, -0.15) is 0 Å². The molecule has 1 aliphatic heterocycles. The lowest BCUT2D eigenvalue weighted by molar-refractivity contribution is -0.145. The zero-order valence-electron chi connectivity index (χ0n) is 10.6. The first-order chi connectivity index (χ1) is 8.90. The average molecular weight is 274 g/mol. The van der Waals surface area contributed by atoms with E-state index in [1.807, 2.05) is 6.92 Å². The van der Waals surface area contributed by atoms with E-state index >= 15 is 0 Å². The summed E-state index contributed by atoms with van der Waals surface area (Å²) in [6, 6.07) is -2.21. The van der Waals surface area contributed by atoms with E-state index in [1.165, 1.54) is 0 Å². The van der Waals surface area contributed by atoms with Gasteiger partial charge < -0.3 is 25.6 Å². The molecule has 0 aliphatic carbocycles. The molecule has 1 heterocycles. The Balaban J connectivity index is 2.47. The van der Waals surface area contributed by atoms with Gasteiger partial charge in [-0.3, -0.25) is 4.79 Å². The molecule has 1 saturated heterocycles. The highest BCUT2D eigenvalue weighted by molar-refractivity contribution is 5.86. The van der Waals surface area contributed by atoms with Crippen molar-refractivity contribution in [3.63, 3.8) is 0 Å². The molecular formula is C11H18N2O6. The van der Waals surface area contributed by atoms with Crippen LogP contribution in [0.5, 0.6) is 0 Å². The standard InChI is InChI=1S/C11H18N2O6/c1-6-5-19-3-2-7(6)12-11(18)13-8(10(16)17)4-9(14)15/h6-8H,2-5H2,1H3,(H,14,15)(H,16,17)(H2,12,13,18). The van der Waals surface area contributed by atoms with E-state index in [9.17, 15) is 14.4 Å². The van der Waals surface area contributed by atoms with Crippen LogP contribution < -0.4 is 10.6 Å². The Bertz CT molecular complexity index is 359. The van der Waals surface area contributed by atoms with Crippen molar-refractivity contribution < 1.29 is 29.3 Å². The first-order valence-electron chi connectivity index (χ1n) is 5.99. The summed E-state index contributed by atoms with van der Waals surface area (Å²) in [5, 5.41) is 22.1. The summed E-state index contributed by atoms with van der Waals surface area (Å²) in [5.41, 5.74) is 0. The van der Waals surface area contributed by atoms with Crippen LogP contribution in [0.2, 0.25) is 0 Å². The first kappa shape index (κ1) is 15.2. The number of carbonyl (C=O) groups is 3. The SMILES string of the molecule is CC1COCCC1NC(=O)NC(CC(=O)O)C(=O)O. The van der Waals surface area contributed by atoms with Crippen LogP contribution in [0.25, 0.3) is 0 Å². The monoisotopic (exact) mass is 274 g/mol. The summed E-state index contributed by atoms with van der Waals surface area (Å²) in [5.74, 6) is -2.54. The molecule has 108 valence electrons. The number of amides is 2. The highest BCUT2D eigenvalue weighted by Gasteiger charge is 2.27. The van der Waals surface area contributed by atoms with Crippen molar-refractivity contribution in [3.8, 4) is 0 Å². The molecule has 2 amide bonds. The number of carboxylic acids is 2. The molecule has 3 atom stereocenters. The van der Waals surface area contributed by atoms with E-state index in [0.717, 1.165) is 0 Å². The van der Waals surface area contributed by atoms with Gasteiger partial charge in [0.05, 0.1) is 13.0 Å². The first-order valence-corrected chi connectivity index (χ1v) is 5.99. The topological polar surface area (TPSA) is 125 Å². The zero-order valence-corrected chi connectivity index (χ0v) is 10.6. The second-order valence-corrected chi connectivity index (χ2v) is 4.55. The van der Waals surface area contributed by atoms with Crippen molar-refractivity contribution in [2.75, 3.05) is 13.2 Å². The van der Waals surface area contributed by atoms with Crippen molar-refractivity contribution in [1.82, 2.24) is 10.6 Å². The molecule has 0 bridgehead atoms. The lowest BCUT2D eigenvalue weighted by Crippen LogP contribution is -2.52. The minimum atomic E-state index is -1.44. The highest BCUT2D eigenvalue weighted by atomic mass is 16.5. The van der Waals surface area contributed by atoms with E-state index in [4.69, 9.17) is 14.9 Å². The van der Waals surface area contributed by atoms with Gasteiger partial charge in [-0.1, -0.05) is 6.92 Å². The van der Waals surface area contributed by atoms with Gasteiger partial charge in [0.2, 0.25) is 0 Å². The summed E-state index contributed by atoms with van der Waals surface area (Å²) in [6.07, 6.45) is -0.0165. The van der Waals surface area contributed by atoms with Crippen molar-refractivity contribution >= 4 is 18.0 Å². The number of rotatable bonds is 5. The summed E-state index contributed by atoms with van der Waals surface area (Å²) in [4.78, 5) is 32.9. The van der Waals surface area contributed by atoms with E-state index in [0.29, 0.717) is 19.6 Å². The van der Waals surface area contributed by atoms with E-state index in [1.54, 1.807) is 0 Å². The van der Waals surface area contributed by atoms with E-state index in [2.05, 4.69) is 10.6 Å². The third-order valence-corrected chi connectivity index (χ3v) is 2.94. The molecule has 0 saturated carbocycles. The Morgan fingerprint density at radius 2 is 2.05 bits per heavy atom. The predicted molar refractivity (Wildman–Crippen MR) is 63.7 cm³/mol. The number of nitrogens with one attached hydrogen (secondary N) is 2. The van der Waals surface area contributed by atoms with Crippen LogP contribution in [0, 0.1) is 5.92 Å². The minimum absolute atomic E-state index is 0.104. The van der Waals surface area contributed by atoms with Gasteiger partial charge in [0.25, 0.3) is 0 Å². The lowest BCUT2D eigenvalue weighted by atomic mass is 9.98. The Kier molecular flexibility index (Phi) is 5.56. The fourth-order valence-electron chi connectivity index (χ4n) is 1.84. The number of hydrogen-bond donors (Lipinski definition) is 4. The predicted octanol–water partition coefficient (Wildman–Crippen LogP) is -0.361. The number of carboxylic acid groups (broad SMARTS) is 2. The molecular weight excluding hydrogens is 256 g/mol. The number of carbonyl (C=O) groups excluding carboxylic acids is 1. The minimum Gasteiger partial charge on any atom is -0.481 e. The number of urea groups is 1. The van der Waals surface area contributed by atoms with Crippen LogP contribution in [0.4, 0.5) is 4.79 Å². The van der Waals surface area contributed by atoms with Gasteiger partial charge in [0.15, 0.2) is 0 Å². The summed E-state index contributed by atoms with van der Waals surface area (Å²) in [6.45, 7) is 2.98. The second-order valence-electron chi connectivity index (χ2n) is 4.55. The summed E-state index contributed by atoms with van der Waals surface area (Å²) < 4.78 is 5.22. The van der Waals surface area contributed by atoms with Crippen molar-refractivity contribution in [2.45, 2.75) is 31.8 Å². The van der Waals surface area contributed by atoms with Gasteiger partial charge in [-0.15, -0.1) is 0 Å². The van der Waals surface area contributed by atoms with E-state index < -0.39 is 30.4 Å². The van der Waals surface area contributed by atoms with Gasteiger partial charge in [0, 0.05) is 12.6 Å². The number of ether oxygens (including phenoxy) is 1. The maximum absolute atomic E-state index is 11.6. The van der Waals surface area contributed by atoms with Gasteiger partial charge >= 0.3 is 18.0 Å². The maximum atomic E-state index is 11.6. The van der Waals surface area contributed by atoms with Crippen molar-refractivity contribution in [3.05, 3.63) is 0 Å². The molecule has 1 rings (SSSR count). The molecule has 0 aromatic rings. The number of hydrogen-bond acceptors (Lipinski definition) is 4. The molecule has 4 N–H and O–H groups in total. The molecule has 1 fully saturated rings. The van der Waals surface area contributed by atoms with Crippen molar-refractivity contribution in [1.29, 1.82) is 0 Å². The van der Waals surface area contributed by atoms with Crippen LogP contribution in [0.1, 0.15) is 19.8 Å². The molecule has 8 heteroatoms. The Morgan fingerprint density at radius 3 is 2.58 bits per heavy atom. The molecule has 0 aromatic heterocycles. The van der Waals surface area contributed by atoms with Crippen molar-refractivity contribution in [2.24, 2.45) is 5.92 Å². The van der Waals surface area contributed by atoms with Gasteiger partial charge in [-0.05, 0) is 12.3 Å². The Hall–Kier alpha value is -1.83. The molecule has 1 aliphatic rings. The van der Waals surface area contributed by atoms with Crippen LogP contribution in [-0.4, -0.2) is 53.5 Å². The Labute approximate surface area is 110 Å². The number of aliphatic carboxylic acids is 2. The molecule has 3 unspecified atom stereocenters.